The van der Waals surface area contributed by atoms with Crippen LogP contribution in [0.1, 0.15) is 32.1 Å². The van der Waals surface area contributed by atoms with Gasteiger partial charge in [-0.1, -0.05) is 36.4 Å². The van der Waals surface area contributed by atoms with E-state index in [1.54, 1.807) is 0 Å². The Morgan fingerprint density at radius 2 is 1.50 bits per heavy atom. The standard InChI is InChI=1S/C17H17NO5.C10H12O3/c19-14-10-13-16(17(21)18-14)11(9-15(20)23-13)5-4-8-22-12-6-2-1-3-7-12;11-10(12)7-4-8-13-9-5-2-1-3-6-9/h1-3,6-7,9,13,16H,4-5,8,10H2,(H,18,19,21);1-3,5-6H,4,7-8H2,(H,11,12). The zero-order chi connectivity index (χ0) is 25.8. The van der Waals surface area contributed by atoms with Crippen molar-refractivity contribution in [2.24, 2.45) is 5.92 Å². The van der Waals surface area contributed by atoms with Gasteiger partial charge in [0.1, 0.15) is 17.6 Å². The lowest BCUT2D eigenvalue weighted by Gasteiger charge is -2.34. The van der Waals surface area contributed by atoms with Crippen molar-refractivity contribution in [3.05, 3.63) is 72.3 Å². The van der Waals surface area contributed by atoms with E-state index < -0.39 is 35.8 Å². The molecule has 0 saturated carbocycles. The Balaban J connectivity index is 0.000000236. The van der Waals surface area contributed by atoms with Gasteiger partial charge in [0.2, 0.25) is 11.8 Å². The summed E-state index contributed by atoms with van der Waals surface area (Å²) >= 11 is 0. The van der Waals surface area contributed by atoms with Gasteiger partial charge in [-0.25, -0.2) is 4.79 Å². The third-order valence-corrected chi connectivity index (χ3v) is 5.44. The summed E-state index contributed by atoms with van der Waals surface area (Å²) in [5.41, 5.74) is 0.702. The molecule has 36 heavy (non-hydrogen) atoms. The van der Waals surface area contributed by atoms with Crippen LogP contribution in [0, 0.1) is 5.92 Å². The number of rotatable bonds is 10. The summed E-state index contributed by atoms with van der Waals surface area (Å²) in [5, 5.41) is 10.7. The normalized spacial score (nSPS) is 18.4. The number of amides is 2. The highest BCUT2D eigenvalue weighted by atomic mass is 16.5. The topological polar surface area (TPSA) is 128 Å². The molecule has 1 saturated heterocycles. The van der Waals surface area contributed by atoms with E-state index >= 15 is 0 Å². The number of carbonyl (C=O) groups excluding carboxylic acids is 3. The summed E-state index contributed by atoms with van der Waals surface area (Å²) in [4.78, 5) is 45.2. The van der Waals surface area contributed by atoms with Gasteiger partial charge in [0.15, 0.2) is 0 Å². The van der Waals surface area contributed by atoms with Crippen molar-refractivity contribution < 1.29 is 38.5 Å². The first kappa shape index (κ1) is 26.5. The lowest BCUT2D eigenvalue weighted by molar-refractivity contribution is -0.155. The van der Waals surface area contributed by atoms with Crippen molar-refractivity contribution in [3.63, 3.8) is 0 Å². The lowest BCUT2D eigenvalue weighted by atomic mass is 9.83. The van der Waals surface area contributed by atoms with E-state index in [1.807, 2.05) is 60.7 Å². The molecule has 0 aliphatic carbocycles. The maximum atomic E-state index is 12.0. The molecule has 4 rings (SSSR count). The quantitative estimate of drug-likeness (QED) is 0.292. The van der Waals surface area contributed by atoms with E-state index in [2.05, 4.69) is 5.32 Å². The predicted octanol–water partition coefficient (Wildman–Crippen LogP) is 3.29. The first-order valence-corrected chi connectivity index (χ1v) is 11.7. The third-order valence-electron chi connectivity index (χ3n) is 5.44. The Bertz CT molecular complexity index is 1070. The van der Waals surface area contributed by atoms with Crippen LogP contribution in [0.5, 0.6) is 11.5 Å². The minimum atomic E-state index is -0.781. The Morgan fingerprint density at radius 1 is 0.917 bits per heavy atom. The van der Waals surface area contributed by atoms with E-state index in [4.69, 9.17) is 19.3 Å². The molecule has 2 amide bonds. The van der Waals surface area contributed by atoms with Crippen molar-refractivity contribution in [2.75, 3.05) is 13.2 Å². The van der Waals surface area contributed by atoms with E-state index in [9.17, 15) is 19.2 Å². The molecule has 0 bridgehead atoms. The first-order chi connectivity index (χ1) is 17.4. The molecule has 2 atom stereocenters. The highest BCUT2D eigenvalue weighted by Crippen LogP contribution is 2.31. The Morgan fingerprint density at radius 3 is 2.08 bits per heavy atom. The second kappa shape index (κ2) is 13.7. The average Bonchev–Trinajstić information content (AvgIpc) is 2.85. The van der Waals surface area contributed by atoms with Gasteiger partial charge in [0, 0.05) is 12.5 Å². The number of para-hydroxylation sites is 2. The van der Waals surface area contributed by atoms with Crippen LogP contribution in [0.2, 0.25) is 0 Å². The van der Waals surface area contributed by atoms with E-state index in [0.717, 1.165) is 11.5 Å². The summed E-state index contributed by atoms with van der Waals surface area (Å²) in [6.07, 6.45) is 2.62. The number of hydrogen-bond acceptors (Lipinski definition) is 7. The van der Waals surface area contributed by atoms with Gasteiger partial charge >= 0.3 is 11.9 Å². The van der Waals surface area contributed by atoms with Crippen molar-refractivity contribution in [3.8, 4) is 11.5 Å². The number of carboxylic acid groups (broad SMARTS) is 1. The monoisotopic (exact) mass is 495 g/mol. The van der Waals surface area contributed by atoms with Crippen molar-refractivity contribution in [1.82, 2.24) is 5.32 Å². The zero-order valence-corrected chi connectivity index (χ0v) is 19.8. The number of aliphatic carboxylic acids is 1. The molecule has 2 aromatic rings. The SMILES string of the molecule is O=C(O)CCCOc1ccccc1.O=C1CC2OC(=O)C=C(CCCOc3ccccc3)C2C(=O)N1. The van der Waals surface area contributed by atoms with Crippen molar-refractivity contribution in [2.45, 2.75) is 38.2 Å². The highest BCUT2D eigenvalue weighted by Gasteiger charge is 2.42. The Kier molecular flexibility index (Phi) is 10.1. The number of piperidine rings is 1. The van der Waals surface area contributed by atoms with Crippen molar-refractivity contribution in [1.29, 1.82) is 0 Å². The molecule has 0 aromatic heterocycles. The summed E-state index contributed by atoms with van der Waals surface area (Å²) in [5.74, 6) is -1.07. The molecule has 2 aliphatic rings. The molecular weight excluding hydrogens is 466 g/mol. The molecule has 2 aromatic carbocycles. The third kappa shape index (κ3) is 8.57. The smallest absolute Gasteiger partial charge is 0.331 e. The Hall–Kier alpha value is -4.14. The summed E-state index contributed by atoms with van der Waals surface area (Å²) in [6, 6.07) is 18.8. The number of carbonyl (C=O) groups is 4. The fourth-order valence-electron chi connectivity index (χ4n) is 3.82. The minimum absolute atomic E-state index is 0.0278. The molecule has 2 unspecified atom stereocenters. The molecule has 190 valence electrons. The number of esters is 1. The molecule has 1 fully saturated rings. The molecular formula is C27H29NO8. The molecule has 9 nitrogen and oxygen atoms in total. The van der Waals surface area contributed by atoms with Crippen LogP contribution in [-0.2, 0) is 23.9 Å². The fraction of sp³-hybridized carbons (Fsp3) is 0.333. The van der Waals surface area contributed by atoms with Crippen LogP contribution < -0.4 is 14.8 Å². The van der Waals surface area contributed by atoms with Crippen molar-refractivity contribution >= 4 is 23.8 Å². The van der Waals surface area contributed by atoms with Crippen LogP contribution in [-0.4, -0.2) is 48.2 Å². The number of fused-ring (bicyclic) bond motifs is 1. The van der Waals surface area contributed by atoms with Gasteiger partial charge in [0.05, 0.1) is 25.6 Å². The second-order valence-corrected chi connectivity index (χ2v) is 8.21. The van der Waals surface area contributed by atoms with Gasteiger partial charge in [0.25, 0.3) is 0 Å². The molecule has 0 radical (unpaired) electrons. The molecule has 0 spiro atoms. The van der Waals surface area contributed by atoms with E-state index in [1.165, 1.54) is 6.08 Å². The number of benzene rings is 2. The van der Waals surface area contributed by atoms with Gasteiger partial charge in [-0.15, -0.1) is 0 Å². The zero-order valence-electron chi connectivity index (χ0n) is 19.8. The molecule has 2 N–H and O–H groups in total. The summed E-state index contributed by atoms with van der Waals surface area (Å²) in [7, 11) is 0. The van der Waals surface area contributed by atoms with Crippen LogP contribution in [0.15, 0.2) is 72.3 Å². The maximum absolute atomic E-state index is 12.0. The largest absolute Gasteiger partial charge is 0.494 e. The molecule has 2 heterocycles. The number of carboxylic acids is 1. The van der Waals surface area contributed by atoms with Gasteiger partial charge in [-0.05, 0) is 49.1 Å². The fourth-order valence-corrected chi connectivity index (χ4v) is 3.82. The number of hydrogen-bond donors (Lipinski definition) is 2. The van der Waals surface area contributed by atoms with E-state index in [-0.39, 0.29) is 12.8 Å². The van der Waals surface area contributed by atoms with Crippen LogP contribution in [0.25, 0.3) is 0 Å². The molecule has 9 heteroatoms. The average molecular weight is 496 g/mol. The van der Waals surface area contributed by atoms with Gasteiger partial charge in [-0.2, -0.15) is 0 Å². The minimum Gasteiger partial charge on any atom is -0.494 e. The number of ether oxygens (including phenoxy) is 3. The second-order valence-electron chi connectivity index (χ2n) is 8.21. The van der Waals surface area contributed by atoms with Crippen LogP contribution >= 0.6 is 0 Å². The van der Waals surface area contributed by atoms with Gasteiger partial charge < -0.3 is 19.3 Å². The van der Waals surface area contributed by atoms with E-state index in [0.29, 0.717) is 38.0 Å². The summed E-state index contributed by atoms with van der Waals surface area (Å²) in [6.45, 7) is 0.935. The lowest BCUT2D eigenvalue weighted by Crippen LogP contribution is -2.52. The Labute approximate surface area is 209 Å². The number of imide groups is 1. The summed E-state index contributed by atoms with van der Waals surface area (Å²) < 4.78 is 16.0. The van der Waals surface area contributed by atoms with Crippen LogP contribution in [0.4, 0.5) is 0 Å². The first-order valence-electron chi connectivity index (χ1n) is 11.7. The predicted molar refractivity (Wildman–Crippen MR) is 129 cm³/mol. The maximum Gasteiger partial charge on any atom is 0.331 e. The van der Waals surface area contributed by atoms with Crippen LogP contribution in [0.3, 0.4) is 0 Å². The number of nitrogens with one attached hydrogen (secondary N) is 1. The van der Waals surface area contributed by atoms with Gasteiger partial charge in [-0.3, -0.25) is 19.7 Å². The highest BCUT2D eigenvalue weighted by molar-refractivity contribution is 6.02. The molecule has 2 aliphatic heterocycles.